The number of benzene rings is 1. The molecule has 2 aromatic rings. The van der Waals surface area contributed by atoms with Crippen molar-refractivity contribution in [2.45, 2.75) is 42.9 Å². The zero-order valence-corrected chi connectivity index (χ0v) is 17.1. The summed E-state index contributed by atoms with van der Waals surface area (Å²) in [6.45, 7) is 2.82. The second kappa shape index (κ2) is 8.99. The Kier molecular flexibility index (Phi) is 6.68. The Bertz CT molecular complexity index is 827. The Morgan fingerprint density at radius 3 is 2.52 bits per heavy atom. The summed E-state index contributed by atoms with van der Waals surface area (Å²) >= 11 is 1.23. The highest BCUT2D eigenvalue weighted by molar-refractivity contribution is 7.91. The van der Waals surface area contributed by atoms with Crippen LogP contribution in [0, 0.1) is 5.92 Å². The maximum Gasteiger partial charge on any atom is 0.252 e. The number of piperidine rings is 1. The van der Waals surface area contributed by atoms with Crippen molar-refractivity contribution in [3.05, 3.63) is 53.4 Å². The summed E-state index contributed by atoms with van der Waals surface area (Å²) in [7, 11) is -3.41. The quantitative estimate of drug-likeness (QED) is 0.767. The van der Waals surface area contributed by atoms with E-state index >= 15 is 0 Å². The van der Waals surface area contributed by atoms with Crippen LogP contribution in [0.15, 0.2) is 52.1 Å². The number of hydrogen-bond donors (Lipinski definition) is 1. The van der Waals surface area contributed by atoms with Crippen LogP contribution in [0.4, 0.5) is 0 Å². The Hall–Kier alpha value is -1.70. The molecule has 5 nitrogen and oxygen atoms in total. The molecule has 2 heterocycles. The van der Waals surface area contributed by atoms with Gasteiger partial charge in [-0.25, -0.2) is 8.42 Å². The number of rotatable bonds is 7. The Labute approximate surface area is 165 Å². The molecule has 0 spiro atoms. The van der Waals surface area contributed by atoms with Crippen molar-refractivity contribution in [1.29, 1.82) is 0 Å². The van der Waals surface area contributed by atoms with Gasteiger partial charge in [0.15, 0.2) is 0 Å². The first-order valence-electron chi connectivity index (χ1n) is 9.35. The van der Waals surface area contributed by atoms with Crippen molar-refractivity contribution in [3.8, 4) is 0 Å². The van der Waals surface area contributed by atoms with Gasteiger partial charge in [-0.3, -0.25) is 4.79 Å². The molecule has 146 valence electrons. The van der Waals surface area contributed by atoms with E-state index in [0.717, 1.165) is 12.8 Å². The van der Waals surface area contributed by atoms with Gasteiger partial charge in [-0.15, -0.1) is 11.3 Å². The molecule has 0 unspecified atom stereocenters. The number of sulfonamides is 1. The minimum atomic E-state index is -3.41. The Morgan fingerprint density at radius 2 is 1.89 bits per heavy atom. The summed E-state index contributed by atoms with van der Waals surface area (Å²) in [5, 5.41) is 4.86. The van der Waals surface area contributed by atoms with E-state index in [2.05, 4.69) is 17.4 Å². The first-order valence-corrected chi connectivity index (χ1v) is 11.7. The van der Waals surface area contributed by atoms with Gasteiger partial charge in [0, 0.05) is 25.0 Å². The summed E-state index contributed by atoms with van der Waals surface area (Å²) in [5.74, 6) is -0.0669. The number of carbonyl (C=O) groups is 1. The van der Waals surface area contributed by atoms with E-state index in [1.165, 1.54) is 21.2 Å². The third-order valence-electron chi connectivity index (χ3n) is 5.01. The predicted octanol–water partition coefficient (Wildman–Crippen LogP) is 3.29. The van der Waals surface area contributed by atoms with Crippen LogP contribution in [0.3, 0.4) is 0 Å². The van der Waals surface area contributed by atoms with Crippen molar-refractivity contribution in [1.82, 2.24) is 9.62 Å². The van der Waals surface area contributed by atoms with Gasteiger partial charge in [0.05, 0.1) is 0 Å². The summed E-state index contributed by atoms with van der Waals surface area (Å²) < 4.78 is 27.0. The van der Waals surface area contributed by atoms with Crippen LogP contribution in [0.1, 0.15) is 31.7 Å². The van der Waals surface area contributed by atoms with E-state index in [-0.39, 0.29) is 17.9 Å². The normalized spacial score (nSPS) is 17.5. The van der Waals surface area contributed by atoms with E-state index in [1.54, 1.807) is 17.5 Å². The molecule has 0 aliphatic carbocycles. The molecule has 0 saturated carbocycles. The monoisotopic (exact) mass is 406 g/mol. The van der Waals surface area contributed by atoms with Gasteiger partial charge >= 0.3 is 0 Å². The van der Waals surface area contributed by atoms with Crippen LogP contribution in [0.2, 0.25) is 0 Å². The number of nitrogens with zero attached hydrogens (tertiary/aromatic N) is 1. The summed E-state index contributed by atoms with van der Waals surface area (Å²) in [6, 6.07) is 13.7. The second-order valence-electron chi connectivity index (χ2n) is 7.04. The van der Waals surface area contributed by atoms with E-state index < -0.39 is 10.0 Å². The van der Waals surface area contributed by atoms with Gasteiger partial charge in [-0.1, -0.05) is 36.4 Å². The maximum absolute atomic E-state index is 12.6. The molecular formula is C20H26N2O3S2. The molecule has 1 aromatic carbocycles. The van der Waals surface area contributed by atoms with Gasteiger partial charge in [0.25, 0.3) is 10.0 Å². The molecule has 0 bridgehead atoms. The van der Waals surface area contributed by atoms with E-state index in [4.69, 9.17) is 0 Å². The van der Waals surface area contributed by atoms with Gasteiger partial charge in [-0.05, 0) is 49.6 Å². The van der Waals surface area contributed by atoms with Crippen molar-refractivity contribution in [2.75, 3.05) is 13.1 Å². The average molecular weight is 407 g/mol. The lowest BCUT2D eigenvalue weighted by atomic mass is 9.96. The van der Waals surface area contributed by atoms with Crippen LogP contribution in [0.5, 0.6) is 0 Å². The van der Waals surface area contributed by atoms with Crippen LogP contribution >= 0.6 is 11.3 Å². The second-order valence-corrected chi connectivity index (χ2v) is 10.2. The highest BCUT2D eigenvalue weighted by Gasteiger charge is 2.32. The van der Waals surface area contributed by atoms with Crippen LogP contribution in [-0.4, -0.2) is 37.8 Å². The molecule has 1 atom stereocenters. The van der Waals surface area contributed by atoms with Crippen molar-refractivity contribution >= 4 is 27.3 Å². The standard InChI is InChI=1S/C20H26N2O3S2/c1-16(9-10-17-6-3-2-4-7-17)21-20(23)18-11-13-22(14-12-18)27(24,25)19-8-5-15-26-19/h2-8,15-16,18H,9-14H2,1H3,(H,21,23)/t16-/m1/s1. The van der Waals surface area contributed by atoms with Gasteiger partial charge in [-0.2, -0.15) is 4.31 Å². The molecule has 1 N–H and O–H groups in total. The molecule has 7 heteroatoms. The summed E-state index contributed by atoms with van der Waals surface area (Å²) in [5.41, 5.74) is 1.27. The Morgan fingerprint density at radius 1 is 1.19 bits per heavy atom. The van der Waals surface area contributed by atoms with Gasteiger partial charge in [0.1, 0.15) is 4.21 Å². The predicted molar refractivity (Wildman–Crippen MR) is 108 cm³/mol. The molecule has 3 rings (SSSR count). The third-order valence-corrected chi connectivity index (χ3v) is 8.28. The molecule has 1 saturated heterocycles. The topological polar surface area (TPSA) is 66.5 Å². The number of hydrogen-bond acceptors (Lipinski definition) is 4. The number of aryl methyl sites for hydroxylation is 1. The van der Waals surface area contributed by atoms with Crippen LogP contribution in [0.25, 0.3) is 0 Å². The fourth-order valence-electron chi connectivity index (χ4n) is 3.36. The number of thiophene rings is 1. The van der Waals surface area contributed by atoms with E-state index in [1.807, 2.05) is 25.1 Å². The zero-order valence-electron chi connectivity index (χ0n) is 15.5. The summed E-state index contributed by atoms with van der Waals surface area (Å²) in [6.07, 6.45) is 2.96. The highest BCUT2D eigenvalue weighted by atomic mass is 32.2. The highest BCUT2D eigenvalue weighted by Crippen LogP contribution is 2.26. The maximum atomic E-state index is 12.6. The Balaban J connectivity index is 1.45. The first kappa shape index (κ1) is 20.0. The summed E-state index contributed by atoms with van der Waals surface area (Å²) in [4.78, 5) is 12.5. The van der Waals surface area contributed by atoms with E-state index in [9.17, 15) is 13.2 Å². The van der Waals surface area contributed by atoms with Gasteiger partial charge in [0.2, 0.25) is 5.91 Å². The molecule has 1 fully saturated rings. The molecule has 27 heavy (non-hydrogen) atoms. The first-order chi connectivity index (χ1) is 13.0. The third kappa shape index (κ3) is 5.18. The number of amides is 1. The molecule has 1 amide bonds. The minimum absolute atomic E-state index is 0.0451. The zero-order chi connectivity index (χ0) is 19.3. The smallest absolute Gasteiger partial charge is 0.252 e. The lowest BCUT2D eigenvalue weighted by molar-refractivity contribution is -0.126. The number of nitrogens with one attached hydrogen (secondary N) is 1. The lowest BCUT2D eigenvalue weighted by Crippen LogP contribution is -2.44. The minimum Gasteiger partial charge on any atom is -0.353 e. The largest absolute Gasteiger partial charge is 0.353 e. The van der Waals surface area contributed by atoms with Crippen molar-refractivity contribution in [3.63, 3.8) is 0 Å². The van der Waals surface area contributed by atoms with E-state index in [0.29, 0.717) is 30.1 Å². The van der Waals surface area contributed by atoms with Crippen LogP contribution in [-0.2, 0) is 21.2 Å². The SMILES string of the molecule is C[C@H](CCc1ccccc1)NC(=O)C1CCN(S(=O)(=O)c2cccs2)CC1. The lowest BCUT2D eigenvalue weighted by Gasteiger charge is -2.30. The molecule has 1 aliphatic rings. The number of carbonyl (C=O) groups excluding carboxylic acids is 1. The molecule has 1 aromatic heterocycles. The van der Waals surface area contributed by atoms with Crippen molar-refractivity contribution < 1.29 is 13.2 Å². The fourth-order valence-corrected chi connectivity index (χ4v) is 5.97. The average Bonchev–Trinajstić information content (AvgIpc) is 3.23. The fraction of sp³-hybridized carbons (Fsp3) is 0.450. The molecule has 1 aliphatic heterocycles. The molecular weight excluding hydrogens is 380 g/mol. The van der Waals surface area contributed by atoms with Crippen molar-refractivity contribution in [2.24, 2.45) is 5.92 Å². The molecule has 0 radical (unpaired) electrons. The van der Waals surface area contributed by atoms with Gasteiger partial charge < -0.3 is 5.32 Å². The van der Waals surface area contributed by atoms with Crippen LogP contribution < -0.4 is 5.32 Å².